The number of carboxylic acids is 1. The zero-order chi connectivity index (χ0) is 17.7. The van der Waals surface area contributed by atoms with Gasteiger partial charge in [0, 0.05) is 7.11 Å². The summed E-state index contributed by atoms with van der Waals surface area (Å²) in [5, 5.41) is 12.0. The number of carbonyl (C=O) groups is 2. The maximum absolute atomic E-state index is 12.4. The van der Waals surface area contributed by atoms with Crippen LogP contribution in [-0.4, -0.2) is 45.8 Å². The molecule has 1 aromatic carbocycles. The van der Waals surface area contributed by atoms with E-state index in [0.717, 1.165) is 0 Å². The summed E-state index contributed by atoms with van der Waals surface area (Å²) in [6.45, 7) is 1.36. The van der Waals surface area contributed by atoms with Gasteiger partial charge in [0.25, 0.3) is 5.56 Å². The molecule has 2 N–H and O–H groups in total. The van der Waals surface area contributed by atoms with Gasteiger partial charge < -0.3 is 15.2 Å². The molecular weight excluding hydrogens is 314 g/mol. The van der Waals surface area contributed by atoms with Gasteiger partial charge in [0.15, 0.2) is 0 Å². The summed E-state index contributed by atoms with van der Waals surface area (Å²) in [5.41, 5.74) is -0.845. The maximum atomic E-state index is 12.4. The molecule has 1 aromatic heterocycles. The van der Waals surface area contributed by atoms with Gasteiger partial charge in [-0.1, -0.05) is 12.1 Å². The molecule has 1 amide bonds. The fraction of sp³-hybridized carbons (Fsp3) is 0.375. The first-order valence-electron chi connectivity index (χ1n) is 7.30. The quantitative estimate of drug-likeness (QED) is 0.758. The molecule has 8 heteroatoms. The molecule has 0 radical (unpaired) electrons. The van der Waals surface area contributed by atoms with Gasteiger partial charge in [-0.2, -0.15) is 0 Å². The molecule has 0 aliphatic heterocycles. The highest BCUT2D eigenvalue weighted by Gasteiger charge is 2.29. The lowest BCUT2D eigenvalue weighted by molar-refractivity contribution is -0.139. The van der Waals surface area contributed by atoms with Crippen LogP contribution in [0.5, 0.6) is 0 Å². The van der Waals surface area contributed by atoms with Gasteiger partial charge in [-0.25, -0.2) is 4.98 Å². The van der Waals surface area contributed by atoms with Gasteiger partial charge in [-0.15, -0.1) is 0 Å². The number of amides is 1. The summed E-state index contributed by atoms with van der Waals surface area (Å²) in [4.78, 5) is 39.7. The van der Waals surface area contributed by atoms with Crippen LogP contribution in [-0.2, 0) is 20.9 Å². The first kappa shape index (κ1) is 17.6. The lowest BCUT2D eigenvalue weighted by Crippen LogP contribution is -2.52. The van der Waals surface area contributed by atoms with E-state index in [9.17, 15) is 14.4 Å². The standard InChI is InChI=1S/C16H19N3O5/c1-16(9-24-2,7-14(21)22)18-13(20)8-19-10-17-12-6-4-3-5-11(12)15(19)23/h3-6,10H,7-9H2,1-2H3,(H,18,20)(H,21,22). The number of nitrogens with zero attached hydrogens (tertiary/aromatic N) is 2. The molecule has 2 rings (SSSR count). The number of rotatable bonds is 7. The van der Waals surface area contributed by atoms with E-state index in [0.29, 0.717) is 10.9 Å². The highest BCUT2D eigenvalue weighted by Crippen LogP contribution is 2.10. The van der Waals surface area contributed by atoms with Crippen molar-refractivity contribution in [3.05, 3.63) is 40.9 Å². The minimum Gasteiger partial charge on any atom is -0.481 e. The highest BCUT2D eigenvalue weighted by molar-refractivity contribution is 5.80. The number of carbonyl (C=O) groups excluding carboxylic acids is 1. The Kier molecular flexibility index (Phi) is 5.30. The van der Waals surface area contributed by atoms with Gasteiger partial charge in [-0.05, 0) is 19.1 Å². The molecule has 0 saturated heterocycles. The molecule has 0 bridgehead atoms. The molecular formula is C16H19N3O5. The maximum Gasteiger partial charge on any atom is 0.305 e. The summed E-state index contributed by atoms with van der Waals surface area (Å²) < 4.78 is 6.17. The van der Waals surface area contributed by atoms with Crippen LogP contribution < -0.4 is 10.9 Å². The van der Waals surface area contributed by atoms with Crippen LogP contribution in [0.4, 0.5) is 0 Å². The molecule has 2 aromatic rings. The Balaban J connectivity index is 2.18. The number of benzene rings is 1. The first-order chi connectivity index (χ1) is 11.3. The summed E-state index contributed by atoms with van der Waals surface area (Å²) in [5.74, 6) is -1.55. The van der Waals surface area contributed by atoms with Crippen LogP contribution in [0.3, 0.4) is 0 Å². The molecule has 24 heavy (non-hydrogen) atoms. The lowest BCUT2D eigenvalue weighted by Gasteiger charge is -2.28. The zero-order valence-electron chi connectivity index (χ0n) is 13.5. The number of aliphatic carboxylic acids is 1. The molecule has 128 valence electrons. The molecule has 1 unspecified atom stereocenters. The van der Waals surface area contributed by atoms with Crippen LogP contribution >= 0.6 is 0 Å². The van der Waals surface area contributed by atoms with Crippen LogP contribution in [0.1, 0.15) is 13.3 Å². The van der Waals surface area contributed by atoms with E-state index in [-0.39, 0.29) is 25.1 Å². The second-order valence-corrected chi connectivity index (χ2v) is 5.81. The number of fused-ring (bicyclic) bond motifs is 1. The highest BCUT2D eigenvalue weighted by atomic mass is 16.5. The number of nitrogens with one attached hydrogen (secondary N) is 1. The van der Waals surface area contributed by atoms with Crippen LogP contribution in [0.15, 0.2) is 35.4 Å². The molecule has 0 spiro atoms. The fourth-order valence-corrected chi connectivity index (χ4v) is 2.53. The number of aromatic nitrogens is 2. The van der Waals surface area contributed by atoms with Gasteiger partial charge in [0.2, 0.25) is 5.91 Å². The number of carboxylic acid groups (broad SMARTS) is 1. The topological polar surface area (TPSA) is 111 Å². The van der Waals surface area contributed by atoms with Gasteiger partial charge >= 0.3 is 5.97 Å². The fourth-order valence-electron chi connectivity index (χ4n) is 2.53. The minimum atomic E-state index is -1.06. The average Bonchev–Trinajstić information content (AvgIpc) is 2.49. The van der Waals surface area contributed by atoms with Gasteiger partial charge in [0.05, 0.1) is 35.8 Å². The van der Waals surface area contributed by atoms with Gasteiger partial charge in [0.1, 0.15) is 6.54 Å². The average molecular weight is 333 g/mol. The van der Waals surface area contributed by atoms with Crippen LogP contribution in [0, 0.1) is 0 Å². The van der Waals surface area contributed by atoms with Crippen molar-refractivity contribution in [2.24, 2.45) is 0 Å². The zero-order valence-corrected chi connectivity index (χ0v) is 13.5. The van der Waals surface area contributed by atoms with Gasteiger partial charge in [-0.3, -0.25) is 19.0 Å². The number of hydrogen-bond donors (Lipinski definition) is 2. The molecule has 1 atom stereocenters. The molecule has 0 aliphatic rings. The van der Waals surface area contributed by atoms with E-state index in [4.69, 9.17) is 9.84 Å². The Morgan fingerprint density at radius 2 is 2.08 bits per heavy atom. The molecule has 8 nitrogen and oxygen atoms in total. The largest absolute Gasteiger partial charge is 0.481 e. The second kappa shape index (κ2) is 7.22. The Bertz CT molecular complexity index is 817. The number of ether oxygens (including phenoxy) is 1. The predicted octanol–water partition coefficient (Wildman–Crippen LogP) is 0.393. The van der Waals surface area contributed by atoms with E-state index >= 15 is 0 Å². The smallest absolute Gasteiger partial charge is 0.305 e. The molecule has 0 aliphatic carbocycles. The van der Waals surface area contributed by atoms with E-state index in [1.165, 1.54) is 18.0 Å². The molecule has 1 heterocycles. The van der Waals surface area contributed by atoms with Crippen LogP contribution in [0.25, 0.3) is 10.9 Å². The second-order valence-electron chi connectivity index (χ2n) is 5.81. The van der Waals surface area contributed by atoms with Crippen molar-refractivity contribution in [2.45, 2.75) is 25.4 Å². The van der Waals surface area contributed by atoms with E-state index < -0.39 is 17.4 Å². The number of methoxy groups -OCH3 is 1. The Morgan fingerprint density at radius 1 is 1.38 bits per heavy atom. The summed E-state index contributed by atoms with van der Waals surface area (Å²) in [6, 6.07) is 6.84. The Labute approximate surface area is 138 Å². The van der Waals surface area contributed by atoms with E-state index in [1.54, 1.807) is 31.2 Å². The Hall–Kier alpha value is -2.74. The number of hydrogen-bond acceptors (Lipinski definition) is 5. The van der Waals surface area contributed by atoms with Crippen LogP contribution in [0.2, 0.25) is 0 Å². The molecule has 0 saturated carbocycles. The monoisotopic (exact) mass is 333 g/mol. The lowest BCUT2D eigenvalue weighted by atomic mass is 9.99. The third kappa shape index (κ3) is 4.17. The van der Waals surface area contributed by atoms with Crippen molar-refractivity contribution in [1.82, 2.24) is 14.9 Å². The van der Waals surface area contributed by atoms with Crippen molar-refractivity contribution in [2.75, 3.05) is 13.7 Å². The summed E-state index contributed by atoms with van der Waals surface area (Å²) in [7, 11) is 1.42. The van der Waals surface area contributed by atoms with Crippen molar-refractivity contribution >= 4 is 22.8 Å². The SMILES string of the molecule is COCC(C)(CC(=O)O)NC(=O)Cn1cnc2ccccc2c1=O. The van der Waals surface area contributed by atoms with Crippen molar-refractivity contribution < 1.29 is 19.4 Å². The normalized spacial score (nSPS) is 13.4. The summed E-state index contributed by atoms with van der Waals surface area (Å²) >= 11 is 0. The molecule has 0 fully saturated rings. The summed E-state index contributed by atoms with van der Waals surface area (Å²) in [6.07, 6.45) is 1.01. The minimum absolute atomic E-state index is 0.0376. The predicted molar refractivity (Wildman–Crippen MR) is 86.7 cm³/mol. The van der Waals surface area contributed by atoms with Crippen molar-refractivity contribution in [3.8, 4) is 0 Å². The first-order valence-corrected chi connectivity index (χ1v) is 7.30. The third-order valence-corrected chi connectivity index (χ3v) is 3.49. The van der Waals surface area contributed by atoms with E-state index in [2.05, 4.69) is 10.3 Å². The number of para-hydroxylation sites is 1. The van der Waals surface area contributed by atoms with Crippen molar-refractivity contribution in [3.63, 3.8) is 0 Å². The third-order valence-electron chi connectivity index (χ3n) is 3.49. The Morgan fingerprint density at radius 3 is 2.75 bits per heavy atom. The van der Waals surface area contributed by atoms with Crippen molar-refractivity contribution in [1.29, 1.82) is 0 Å². The van der Waals surface area contributed by atoms with E-state index in [1.807, 2.05) is 0 Å².